The summed E-state index contributed by atoms with van der Waals surface area (Å²) in [4.78, 5) is 16.4. The molecule has 0 bridgehead atoms. The highest BCUT2D eigenvalue weighted by Gasteiger charge is 2.09. The van der Waals surface area contributed by atoms with E-state index in [0.717, 1.165) is 5.56 Å². The average molecular weight is 261 g/mol. The van der Waals surface area contributed by atoms with Crippen molar-refractivity contribution in [3.8, 4) is 0 Å². The van der Waals surface area contributed by atoms with E-state index in [1.807, 2.05) is 6.92 Å². The summed E-state index contributed by atoms with van der Waals surface area (Å²) >= 11 is 1.20. The van der Waals surface area contributed by atoms with Gasteiger partial charge in [-0.3, -0.25) is 9.78 Å². The van der Waals surface area contributed by atoms with Crippen LogP contribution >= 0.6 is 11.8 Å². The lowest BCUT2D eigenvalue weighted by Gasteiger charge is -2.03. The Bertz CT molecular complexity index is 571. The van der Waals surface area contributed by atoms with Crippen LogP contribution in [-0.4, -0.2) is 16.5 Å². The zero-order valence-corrected chi connectivity index (χ0v) is 10.7. The van der Waals surface area contributed by atoms with Gasteiger partial charge in [-0.15, -0.1) is 11.8 Å². The molecule has 0 aliphatic rings. The molecule has 0 unspecified atom stereocenters. The molecule has 2 rings (SSSR count). The van der Waals surface area contributed by atoms with Crippen LogP contribution in [0.1, 0.15) is 15.9 Å². The monoisotopic (exact) mass is 261 g/mol. The van der Waals surface area contributed by atoms with Gasteiger partial charge >= 0.3 is 0 Å². The molecule has 0 aliphatic heterocycles. The molecule has 0 fully saturated rings. The van der Waals surface area contributed by atoms with Crippen LogP contribution in [0.4, 0.5) is 4.39 Å². The Morgan fingerprint density at radius 2 is 2.11 bits per heavy atom. The van der Waals surface area contributed by atoms with Crippen LogP contribution in [0.25, 0.3) is 0 Å². The molecule has 0 saturated heterocycles. The summed E-state index contributed by atoms with van der Waals surface area (Å²) in [6.45, 7) is 1.88. The van der Waals surface area contributed by atoms with Crippen LogP contribution in [0.15, 0.2) is 47.6 Å². The summed E-state index contributed by atoms with van der Waals surface area (Å²) in [5, 5.41) is 0. The first kappa shape index (κ1) is 12.8. The normalized spacial score (nSPS) is 10.3. The van der Waals surface area contributed by atoms with E-state index in [2.05, 4.69) is 4.98 Å². The number of benzene rings is 1. The number of Topliss-reactive ketones (excluding diaryl/α,β-unsaturated/α-hetero) is 1. The highest BCUT2D eigenvalue weighted by atomic mass is 32.2. The smallest absolute Gasteiger partial charge is 0.174 e. The quantitative estimate of drug-likeness (QED) is 0.623. The highest BCUT2D eigenvalue weighted by Crippen LogP contribution is 2.22. The molecule has 0 spiro atoms. The van der Waals surface area contributed by atoms with Crippen molar-refractivity contribution in [2.24, 2.45) is 0 Å². The lowest BCUT2D eigenvalue weighted by atomic mass is 10.2. The van der Waals surface area contributed by atoms with E-state index in [1.54, 1.807) is 30.5 Å². The second-order valence-corrected chi connectivity index (χ2v) is 4.91. The third-order valence-electron chi connectivity index (χ3n) is 2.39. The molecule has 4 heteroatoms. The van der Waals surface area contributed by atoms with Gasteiger partial charge in [-0.25, -0.2) is 4.39 Å². The number of aromatic nitrogens is 1. The van der Waals surface area contributed by atoms with Gasteiger partial charge in [0.2, 0.25) is 0 Å². The Morgan fingerprint density at radius 1 is 1.33 bits per heavy atom. The van der Waals surface area contributed by atoms with Crippen LogP contribution in [0.5, 0.6) is 0 Å². The maximum Gasteiger partial charge on any atom is 0.174 e. The minimum atomic E-state index is -0.294. The molecule has 0 saturated carbocycles. The second-order valence-electron chi connectivity index (χ2n) is 3.89. The van der Waals surface area contributed by atoms with Gasteiger partial charge in [0.25, 0.3) is 0 Å². The fourth-order valence-corrected chi connectivity index (χ4v) is 2.33. The van der Waals surface area contributed by atoms with Crippen LogP contribution in [0, 0.1) is 12.7 Å². The van der Waals surface area contributed by atoms with E-state index < -0.39 is 0 Å². The fraction of sp³-hybridized carbons (Fsp3) is 0.143. The van der Waals surface area contributed by atoms with Crippen molar-refractivity contribution >= 4 is 17.5 Å². The van der Waals surface area contributed by atoms with Crippen molar-refractivity contribution in [2.45, 2.75) is 11.8 Å². The summed E-state index contributed by atoms with van der Waals surface area (Å²) in [5.41, 5.74) is 1.51. The molecule has 0 N–H and O–H groups in total. The molecule has 2 aromatic rings. The second kappa shape index (κ2) is 5.78. The summed E-state index contributed by atoms with van der Waals surface area (Å²) in [6, 6.07) is 8.23. The number of carbonyl (C=O) groups excluding carboxylic acids is 1. The van der Waals surface area contributed by atoms with Crippen molar-refractivity contribution in [3.63, 3.8) is 0 Å². The SMILES string of the molecule is Cc1cncc(C(=O)CSc2ccccc2F)c1. The number of aryl methyl sites for hydroxylation is 1. The van der Waals surface area contributed by atoms with E-state index in [1.165, 1.54) is 24.0 Å². The lowest BCUT2D eigenvalue weighted by molar-refractivity contribution is 0.102. The summed E-state index contributed by atoms with van der Waals surface area (Å²) < 4.78 is 13.4. The molecular formula is C14H12FNOS. The van der Waals surface area contributed by atoms with Gasteiger partial charge in [0.15, 0.2) is 5.78 Å². The molecular weight excluding hydrogens is 249 g/mol. The number of thioether (sulfide) groups is 1. The van der Waals surface area contributed by atoms with Crippen molar-refractivity contribution in [3.05, 3.63) is 59.7 Å². The summed E-state index contributed by atoms with van der Waals surface area (Å²) in [7, 11) is 0. The number of hydrogen-bond acceptors (Lipinski definition) is 3. The van der Waals surface area contributed by atoms with Gasteiger partial charge in [-0.05, 0) is 30.7 Å². The first-order chi connectivity index (χ1) is 8.66. The van der Waals surface area contributed by atoms with Gasteiger partial charge < -0.3 is 0 Å². The topological polar surface area (TPSA) is 30.0 Å². The van der Waals surface area contributed by atoms with E-state index in [4.69, 9.17) is 0 Å². The van der Waals surface area contributed by atoms with Crippen LogP contribution in [0.3, 0.4) is 0 Å². The Hall–Kier alpha value is -1.68. The third-order valence-corrected chi connectivity index (χ3v) is 3.44. The first-order valence-corrected chi connectivity index (χ1v) is 6.47. The zero-order chi connectivity index (χ0) is 13.0. The van der Waals surface area contributed by atoms with Crippen molar-refractivity contribution in [1.29, 1.82) is 0 Å². The van der Waals surface area contributed by atoms with Crippen molar-refractivity contribution in [1.82, 2.24) is 4.98 Å². The number of ketones is 1. The molecule has 0 radical (unpaired) electrons. The predicted molar refractivity (Wildman–Crippen MR) is 70.4 cm³/mol. The summed E-state index contributed by atoms with van der Waals surface area (Å²) in [5.74, 6) is -0.122. The van der Waals surface area contributed by atoms with E-state index in [0.29, 0.717) is 10.5 Å². The Kier molecular flexibility index (Phi) is 4.10. The molecule has 0 aliphatic carbocycles. The van der Waals surface area contributed by atoms with Crippen molar-refractivity contribution < 1.29 is 9.18 Å². The molecule has 92 valence electrons. The predicted octanol–water partition coefficient (Wildman–Crippen LogP) is 3.50. The van der Waals surface area contributed by atoms with E-state index >= 15 is 0 Å². The van der Waals surface area contributed by atoms with E-state index in [-0.39, 0.29) is 17.4 Å². The minimum absolute atomic E-state index is 0.0422. The molecule has 18 heavy (non-hydrogen) atoms. The first-order valence-electron chi connectivity index (χ1n) is 5.49. The van der Waals surface area contributed by atoms with E-state index in [9.17, 15) is 9.18 Å². The molecule has 2 nitrogen and oxygen atoms in total. The molecule has 0 amide bonds. The molecule has 1 heterocycles. The Morgan fingerprint density at radius 3 is 2.83 bits per heavy atom. The maximum atomic E-state index is 13.4. The largest absolute Gasteiger partial charge is 0.293 e. The molecule has 1 aromatic heterocycles. The number of pyridine rings is 1. The zero-order valence-electron chi connectivity index (χ0n) is 9.89. The number of halogens is 1. The molecule has 1 aromatic carbocycles. The minimum Gasteiger partial charge on any atom is -0.293 e. The number of hydrogen-bond donors (Lipinski definition) is 0. The van der Waals surface area contributed by atoms with Gasteiger partial charge in [0.1, 0.15) is 5.82 Å². The van der Waals surface area contributed by atoms with Crippen LogP contribution in [-0.2, 0) is 0 Å². The molecule has 0 atom stereocenters. The third kappa shape index (κ3) is 3.17. The Labute approximate surface area is 109 Å². The fourth-order valence-electron chi connectivity index (χ4n) is 1.50. The van der Waals surface area contributed by atoms with Gasteiger partial charge in [0.05, 0.1) is 5.75 Å². The summed E-state index contributed by atoms with van der Waals surface area (Å²) in [6.07, 6.45) is 3.23. The van der Waals surface area contributed by atoms with Gasteiger partial charge in [-0.1, -0.05) is 12.1 Å². The average Bonchev–Trinajstić information content (AvgIpc) is 2.37. The van der Waals surface area contributed by atoms with Crippen LogP contribution in [0.2, 0.25) is 0 Å². The number of carbonyl (C=O) groups is 1. The standard InChI is InChI=1S/C14H12FNOS/c1-10-6-11(8-16-7-10)13(17)9-18-14-5-3-2-4-12(14)15/h2-8H,9H2,1H3. The number of rotatable bonds is 4. The lowest BCUT2D eigenvalue weighted by Crippen LogP contribution is -2.03. The van der Waals surface area contributed by atoms with Crippen LogP contribution < -0.4 is 0 Å². The van der Waals surface area contributed by atoms with Crippen molar-refractivity contribution in [2.75, 3.05) is 5.75 Å². The Balaban J connectivity index is 2.03. The van der Waals surface area contributed by atoms with Gasteiger partial charge in [-0.2, -0.15) is 0 Å². The number of nitrogens with zero attached hydrogens (tertiary/aromatic N) is 1. The van der Waals surface area contributed by atoms with Gasteiger partial charge in [0, 0.05) is 22.9 Å². The highest BCUT2D eigenvalue weighted by molar-refractivity contribution is 8.00. The maximum absolute atomic E-state index is 13.4.